The second-order valence-electron chi connectivity index (χ2n) is 3.77. The number of hydrogen-bond donors (Lipinski definition) is 1. The van der Waals surface area contributed by atoms with Crippen LogP contribution in [-0.4, -0.2) is 28.1 Å². The van der Waals surface area contributed by atoms with E-state index in [1.54, 1.807) is 30.3 Å². The Labute approximate surface area is 98.1 Å². The van der Waals surface area contributed by atoms with Gasteiger partial charge in [0.1, 0.15) is 5.82 Å². The molecule has 0 saturated carbocycles. The van der Waals surface area contributed by atoms with E-state index in [0.29, 0.717) is 12.1 Å². The van der Waals surface area contributed by atoms with Gasteiger partial charge in [0.25, 0.3) is 5.91 Å². The Kier molecular flexibility index (Phi) is 3.18. The van der Waals surface area contributed by atoms with Gasteiger partial charge in [-0.3, -0.25) is 9.89 Å². The molecule has 0 aliphatic heterocycles. The van der Waals surface area contributed by atoms with E-state index in [1.165, 1.54) is 18.3 Å². The van der Waals surface area contributed by atoms with Crippen LogP contribution in [0.25, 0.3) is 0 Å². The van der Waals surface area contributed by atoms with Crippen molar-refractivity contribution in [2.75, 3.05) is 7.05 Å². The van der Waals surface area contributed by atoms with E-state index < -0.39 is 0 Å². The Hall–Kier alpha value is -2.17. The summed E-state index contributed by atoms with van der Waals surface area (Å²) in [5.74, 6) is -0.402. The fourth-order valence-corrected chi connectivity index (χ4v) is 1.52. The third kappa shape index (κ3) is 2.69. The number of carbonyl (C=O) groups excluding carboxylic acids is 1. The third-order valence-corrected chi connectivity index (χ3v) is 2.42. The summed E-state index contributed by atoms with van der Waals surface area (Å²) in [4.78, 5) is 13.4. The van der Waals surface area contributed by atoms with Crippen molar-refractivity contribution in [3.05, 3.63) is 53.6 Å². The summed E-state index contributed by atoms with van der Waals surface area (Å²) in [6.07, 6.45) is 3.02. The Bertz CT molecular complexity index is 493. The van der Waals surface area contributed by atoms with Gasteiger partial charge in [0, 0.05) is 19.8 Å². The van der Waals surface area contributed by atoms with E-state index in [-0.39, 0.29) is 11.7 Å². The number of nitrogens with one attached hydrogen (secondary N) is 1. The minimum atomic E-state index is -0.280. The molecule has 0 atom stereocenters. The van der Waals surface area contributed by atoms with Gasteiger partial charge in [0.05, 0.1) is 11.8 Å². The molecule has 0 saturated heterocycles. The molecule has 1 aromatic carbocycles. The minimum Gasteiger partial charge on any atom is -0.337 e. The SMILES string of the molecule is CN(Cc1ccc(F)cc1)C(=O)c1cn[nH]c1. The zero-order valence-corrected chi connectivity index (χ0v) is 9.35. The highest BCUT2D eigenvalue weighted by Gasteiger charge is 2.12. The van der Waals surface area contributed by atoms with Gasteiger partial charge in [-0.25, -0.2) is 4.39 Å². The van der Waals surface area contributed by atoms with Crippen LogP contribution < -0.4 is 0 Å². The summed E-state index contributed by atoms with van der Waals surface area (Å²) in [6.45, 7) is 0.435. The van der Waals surface area contributed by atoms with Gasteiger partial charge < -0.3 is 4.90 Å². The zero-order chi connectivity index (χ0) is 12.3. The maximum absolute atomic E-state index is 12.7. The molecule has 1 N–H and O–H groups in total. The van der Waals surface area contributed by atoms with Gasteiger partial charge in [0.15, 0.2) is 0 Å². The lowest BCUT2D eigenvalue weighted by atomic mass is 10.2. The number of benzene rings is 1. The lowest BCUT2D eigenvalue weighted by Gasteiger charge is -2.16. The molecule has 0 unspecified atom stereocenters. The fraction of sp³-hybridized carbons (Fsp3) is 0.167. The fourth-order valence-electron chi connectivity index (χ4n) is 1.52. The normalized spacial score (nSPS) is 10.2. The van der Waals surface area contributed by atoms with Gasteiger partial charge in [-0.05, 0) is 17.7 Å². The summed E-state index contributed by atoms with van der Waals surface area (Å²) in [5, 5.41) is 6.31. The molecule has 4 nitrogen and oxygen atoms in total. The van der Waals surface area contributed by atoms with Gasteiger partial charge in [0.2, 0.25) is 0 Å². The summed E-state index contributed by atoms with van der Waals surface area (Å²) >= 11 is 0. The Morgan fingerprint density at radius 2 is 2.12 bits per heavy atom. The second kappa shape index (κ2) is 4.78. The third-order valence-electron chi connectivity index (χ3n) is 2.42. The van der Waals surface area contributed by atoms with Crippen molar-refractivity contribution in [1.82, 2.24) is 15.1 Å². The van der Waals surface area contributed by atoms with E-state index in [4.69, 9.17) is 0 Å². The molecule has 0 fully saturated rings. The highest BCUT2D eigenvalue weighted by Crippen LogP contribution is 2.08. The number of hydrogen-bond acceptors (Lipinski definition) is 2. The van der Waals surface area contributed by atoms with E-state index >= 15 is 0 Å². The predicted molar refractivity (Wildman–Crippen MR) is 60.8 cm³/mol. The molecular formula is C12H12FN3O. The number of halogens is 1. The van der Waals surface area contributed by atoms with Gasteiger partial charge in [-0.15, -0.1) is 0 Å². The molecule has 1 aromatic heterocycles. The first kappa shape index (κ1) is 11.3. The highest BCUT2D eigenvalue weighted by atomic mass is 19.1. The van der Waals surface area contributed by atoms with Gasteiger partial charge in [-0.1, -0.05) is 12.1 Å². The molecule has 0 spiro atoms. The van der Waals surface area contributed by atoms with Crippen molar-refractivity contribution in [1.29, 1.82) is 0 Å². The molecular weight excluding hydrogens is 221 g/mol. The van der Waals surface area contributed by atoms with Crippen LogP contribution in [0, 0.1) is 5.82 Å². The molecule has 1 amide bonds. The Morgan fingerprint density at radius 1 is 1.41 bits per heavy atom. The predicted octanol–water partition coefficient (Wildman–Crippen LogP) is 1.82. The monoisotopic (exact) mass is 233 g/mol. The number of aromatic nitrogens is 2. The molecule has 1 heterocycles. The summed E-state index contributed by atoms with van der Waals surface area (Å²) in [6, 6.07) is 6.08. The van der Waals surface area contributed by atoms with E-state index in [1.807, 2.05) is 0 Å². The van der Waals surface area contributed by atoms with Crippen LogP contribution in [0.15, 0.2) is 36.7 Å². The van der Waals surface area contributed by atoms with Crippen LogP contribution in [0.3, 0.4) is 0 Å². The lowest BCUT2D eigenvalue weighted by molar-refractivity contribution is 0.0785. The van der Waals surface area contributed by atoms with Crippen LogP contribution in [0.4, 0.5) is 4.39 Å². The first-order valence-electron chi connectivity index (χ1n) is 5.15. The molecule has 0 bridgehead atoms. The van der Waals surface area contributed by atoms with Crippen LogP contribution in [-0.2, 0) is 6.54 Å². The minimum absolute atomic E-state index is 0.122. The summed E-state index contributed by atoms with van der Waals surface area (Å²) < 4.78 is 12.7. The average Bonchev–Trinajstić information content (AvgIpc) is 2.84. The van der Waals surface area contributed by atoms with E-state index in [9.17, 15) is 9.18 Å². The smallest absolute Gasteiger partial charge is 0.257 e. The standard InChI is InChI=1S/C12H12FN3O/c1-16(12(17)10-6-14-15-7-10)8-9-2-4-11(13)5-3-9/h2-7H,8H2,1H3,(H,14,15). The Balaban J connectivity index is 2.04. The first-order valence-corrected chi connectivity index (χ1v) is 5.15. The van der Waals surface area contributed by atoms with Crippen molar-refractivity contribution >= 4 is 5.91 Å². The maximum Gasteiger partial charge on any atom is 0.257 e. The number of aromatic amines is 1. The van der Waals surface area contributed by atoms with Crippen LogP contribution in [0.1, 0.15) is 15.9 Å². The zero-order valence-electron chi connectivity index (χ0n) is 9.35. The summed E-state index contributed by atoms with van der Waals surface area (Å²) in [7, 11) is 1.69. The number of amides is 1. The molecule has 5 heteroatoms. The average molecular weight is 233 g/mol. The van der Waals surface area contributed by atoms with E-state index in [0.717, 1.165) is 5.56 Å². The van der Waals surface area contributed by atoms with E-state index in [2.05, 4.69) is 10.2 Å². The quantitative estimate of drug-likeness (QED) is 0.879. The molecule has 0 aliphatic rings. The maximum atomic E-state index is 12.7. The number of nitrogens with zero attached hydrogens (tertiary/aromatic N) is 2. The lowest BCUT2D eigenvalue weighted by Crippen LogP contribution is -2.25. The highest BCUT2D eigenvalue weighted by molar-refractivity contribution is 5.93. The molecule has 2 aromatic rings. The van der Waals surface area contributed by atoms with Crippen molar-refractivity contribution in [3.8, 4) is 0 Å². The Morgan fingerprint density at radius 3 is 2.71 bits per heavy atom. The first-order chi connectivity index (χ1) is 8.16. The molecule has 88 valence electrons. The molecule has 0 radical (unpaired) electrons. The van der Waals surface area contributed by atoms with Crippen molar-refractivity contribution in [2.45, 2.75) is 6.54 Å². The number of H-pyrrole nitrogens is 1. The number of carbonyl (C=O) groups is 1. The van der Waals surface area contributed by atoms with Gasteiger partial charge >= 0.3 is 0 Å². The van der Waals surface area contributed by atoms with Crippen LogP contribution in [0.5, 0.6) is 0 Å². The van der Waals surface area contributed by atoms with Crippen LogP contribution >= 0.6 is 0 Å². The van der Waals surface area contributed by atoms with Gasteiger partial charge in [-0.2, -0.15) is 5.10 Å². The molecule has 17 heavy (non-hydrogen) atoms. The van der Waals surface area contributed by atoms with Crippen molar-refractivity contribution < 1.29 is 9.18 Å². The van der Waals surface area contributed by atoms with Crippen molar-refractivity contribution in [2.24, 2.45) is 0 Å². The number of rotatable bonds is 3. The largest absolute Gasteiger partial charge is 0.337 e. The second-order valence-corrected chi connectivity index (χ2v) is 3.77. The topological polar surface area (TPSA) is 49.0 Å². The molecule has 0 aliphatic carbocycles. The van der Waals surface area contributed by atoms with Crippen molar-refractivity contribution in [3.63, 3.8) is 0 Å². The van der Waals surface area contributed by atoms with Crippen LogP contribution in [0.2, 0.25) is 0 Å². The molecule has 2 rings (SSSR count). The summed E-state index contributed by atoms with van der Waals surface area (Å²) in [5.41, 5.74) is 1.39.